The molecule has 0 saturated carbocycles. The molecule has 0 saturated heterocycles. The molecule has 0 aliphatic heterocycles. The lowest BCUT2D eigenvalue weighted by atomic mass is 10.2. The summed E-state index contributed by atoms with van der Waals surface area (Å²) in [6.07, 6.45) is 0. The number of benzene rings is 2. The number of carboxylic acids is 1. The Kier molecular flexibility index (Phi) is 6.84. The van der Waals surface area contributed by atoms with E-state index in [2.05, 4.69) is 5.32 Å². The highest BCUT2D eigenvalue weighted by Crippen LogP contribution is 2.27. The van der Waals surface area contributed by atoms with Crippen LogP contribution >= 0.6 is 0 Å². The lowest BCUT2D eigenvalue weighted by molar-refractivity contribution is -0.137. The minimum Gasteiger partial charge on any atom is -0.493 e. The predicted molar refractivity (Wildman–Crippen MR) is 96.3 cm³/mol. The number of carbonyl (C=O) groups is 2. The maximum Gasteiger partial charge on any atom is 0.323 e. The number of methoxy groups -OCH3 is 2. The van der Waals surface area contributed by atoms with Gasteiger partial charge in [0, 0.05) is 13.1 Å². The Balaban J connectivity index is 2.03. The Morgan fingerprint density at radius 3 is 2.31 bits per heavy atom. The van der Waals surface area contributed by atoms with Gasteiger partial charge in [-0.2, -0.15) is 0 Å². The van der Waals surface area contributed by atoms with Crippen molar-refractivity contribution in [2.45, 2.75) is 13.1 Å². The van der Waals surface area contributed by atoms with Crippen molar-refractivity contribution in [3.63, 3.8) is 0 Å². The third-order valence-electron chi connectivity index (χ3n) is 3.72. The van der Waals surface area contributed by atoms with Crippen molar-refractivity contribution in [2.24, 2.45) is 0 Å². The highest BCUT2D eigenvalue weighted by Gasteiger charge is 2.17. The summed E-state index contributed by atoms with van der Waals surface area (Å²) >= 11 is 0. The highest BCUT2D eigenvalue weighted by molar-refractivity contribution is 5.80. The summed E-state index contributed by atoms with van der Waals surface area (Å²) in [5.74, 6) is 0.0901. The number of nitrogens with one attached hydrogen (secondary N) is 1. The molecule has 0 aliphatic carbocycles. The molecule has 0 fully saturated rings. The second-order valence-corrected chi connectivity index (χ2v) is 5.58. The van der Waals surface area contributed by atoms with Gasteiger partial charge >= 0.3 is 12.0 Å². The second kappa shape index (κ2) is 9.31. The Hall–Kier alpha value is -3.22. The maximum atomic E-state index is 12.4. The van der Waals surface area contributed by atoms with Crippen molar-refractivity contribution in [3.05, 3.63) is 59.7 Å². The molecule has 0 aliphatic rings. The molecular weight excluding hydrogens is 336 g/mol. The van der Waals surface area contributed by atoms with Crippen LogP contribution in [0.1, 0.15) is 11.1 Å². The first-order valence-electron chi connectivity index (χ1n) is 8.03. The number of hydrogen-bond donors (Lipinski definition) is 2. The van der Waals surface area contributed by atoms with E-state index >= 15 is 0 Å². The molecule has 2 rings (SSSR count). The van der Waals surface area contributed by atoms with Gasteiger partial charge in [-0.25, -0.2) is 4.79 Å². The first-order valence-corrected chi connectivity index (χ1v) is 8.03. The lowest BCUT2D eigenvalue weighted by Gasteiger charge is -2.21. The Bertz CT molecular complexity index is 749. The Labute approximate surface area is 152 Å². The van der Waals surface area contributed by atoms with Crippen LogP contribution in [0, 0.1) is 0 Å². The average Bonchev–Trinajstić information content (AvgIpc) is 2.65. The van der Waals surface area contributed by atoms with Gasteiger partial charge in [-0.1, -0.05) is 36.4 Å². The van der Waals surface area contributed by atoms with Gasteiger partial charge in [0.15, 0.2) is 11.5 Å². The Morgan fingerprint density at radius 1 is 1.00 bits per heavy atom. The largest absolute Gasteiger partial charge is 0.493 e. The zero-order chi connectivity index (χ0) is 18.9. The minimum absolute atomic E-state index is 0.213. The number of nitrogens with zero attached hydrogens (tertiary/aromatic N) is 1. The molecule has 0 spiro atoms. The van der Waals surface area contributed by atoms with E-state index in [4.69, 9.17) is 14.6 Å². The zero-order valence-corrected chi connectivity index (χ0v) is 14.8. The van der Waals surface area contributed by atoms with Gasteiger partial charge < -0.3 is 24.8 Å². The zero-order valence-electron chi connectivity index (χ0n) is 14.8. The van der Waals surface area contributed by atoms with Crippen LogP contribution in [0.2, 0.25) is 0 Å². The van der Waals surface area contributed by atoms with Crippen molar-refractivity contribution in [3.8, 4) is 11.5 Å². The number of rotatable bonds is 8. The third kappa shape index (κ3) is 5.41. The molecule has 7 nitrogen and oxygen atoms in total. The van der Waals surface area contributed by atoms with Crippen LogP contribution in [0.4, 0.5) is 4.79 Å². The maximum absolute atomic E-state index is 12.4. The van der Waals surface area contributed by atoms with Crippen LogP contribution < -0.4 is 14.8 Å². The van der Waals surface area contributed by atoms with Gasteiger partial charge in [0.2, 0.25) is 0 Å². The second-order valence-electron chi connectivity index (χ2n) is 5.58. The van der Waals surface area contributed by atoms with Crippen LogP contribution in [0.5, 0.6) is 11.5 Å². The monoisotopic (exact) mass is 358 g/mol. The number of aliphatic carboxylic acids is 1. The number of hydrogen-bond acceptors (Lipinski definition) is 4. The molecule has 2 aromatic carbocycles. The number of urea groups is 1. The molecule has 2 N–H and O–H groups in total. The van der Waals surface area contributed by atoms with Crippen LogP contribution in [0.3, 0.4) is 0 Å². The van der Waals surface area contributed by atoms with Gasteiger partial charge in [0.1, 0.15) is 6.54 Å². The predicted octanol–water partition coefficient (Wildman–Crippen LogP) is 2.50. The fraction of sp³-hybridized carbons (Fsp3) is 0.263. The van der Waals surface area contributed by atoms with Crippen LogP contribution in [-0.2, 0) is 17.9 Å². The van der Waals surface area contributed by atoms with Crippen molar-refractivity contribution in [1.82, 2.24) is 10.2 Å². The molecule has 0 heterocycles. The van der Waals surface area contributed by atoms with E-state index in [-0.39, 0.29) is 19.6 Å². The molecular formula is C19H22N2O5. The smallest absolute Gasteiger partial charge is 0.323 e. The van der Waals surface area contributed by atoms with E-state index in [1.807, 2.05) is 30.3 Å². The van der Waals surface area contributed by atoms with Crippen LogP contribution in [0.25, 0.3) is 0 Å². The van der Waals surface area contributed by atoms with Gasteiger partial charge in [0.25, 0.3) is 0 Å². The molecule has 2 amide bonds. The van der Waals surface area contributed by atoms with E-state index in [0.717, 1.165) is 11.1 Å². The van der Waals surface area contributed by atoms with Crippen LogP contribution in [-0.4, -0.2) is 42.8 Å². The molecule has 0 atom stereocenters. The molecule has 0 radical (unpaired) electrons. The van der Waals surface area contributed by atoms with E-state index in [1.165, 1.54) is 12.0 Å². The van der Waals surface area contributed by atoms with Gasteiger partial charge in [-0.05, 0) is 23.3 Å². The van der Waals surface area contributed by atoms with E-state index in [9.17, 15) is 9.59 Å². The Morgan fingerprint density at radius 2 is 1.69 bits per heavy atom. The van der Waals surface area contributed by atoms with Crippen LogP contribution in [0.15, 0.2) is 48.5 Å². The summed E-state index contributed by atoms with van der Waals surface area (Å²) in [4.78, 5) is 24.8. The molecule has 2 aromatic rings. The standard InChI is InChI=1S/C19H22N2O5/c1-25-16-9-8-15(10-17(16)26-2)11-20-19(24)21(13-18(22)23)12-14-6-4-3-5-7-14/h3-10H,11-13H2,1-2H3,(H,20,24)(H,22,23). The molecule has 0 bridgehead atoms. The van der Waals surface area contributed by atoms with Crippen molar-refractivity contribution in [1.29, 1.82) is 0 Å². The fourth-order valence-corrected chi connectivity index (χ4v) is 2.45. The third-order valence-corrected chi connectivity index (χ3v) is 3.72. The van der Waals surface area contributed by atoms with Gasteiger partial charge in [-0.15, -0.1) is 0 Å². The summed E-state index contributed by atoms with van der Waals surface area (Å²) < 4.78 is 10.4. The molecule has 26 heavy (non-hydrogen) atoms. The lowest BCUT2D eigenvalue weighted by Crippen LogP contribution is -2.42. The quantitative estimate of drug-likeness (QED) is 0.757. The first-order chi connectivity index (χ1) is 12.5. The van der Waals surface area contributed by atoms with Crippen molar-refractivity contribution < 1.29 is 24.2 Å². The fourth-order valence-electron chi connectivity index (χ4n) is 2.45. The molecule has 138 valence electrons. The van der Waals surface area contributed by atoms with Gasteiger partial charge in [-0.3, -0.25) is 4.79 Å². The SMILES string of the molecule is COc1ccc(CNC(=O)N(CC(=O)O)Cc2ccccc2)cc1OC. The molecule has 7 heteroatoms. The summed E-state index contributed by atoms with van der Waals surface area (Å²) in [6.45, 7) is 0.0711. The van der Waals surface area contributed by atoms with Crippen molar-refractivity contribution >= 4 is 12.0 Å². The summed E-state index contributed by atoms with van der Waals surface area (Å²) in [5.41, 5.74) is 1.67. The van der Waals surface area contributed by atoms with Crippen molar-refractivity contribution in [2.75, 3.05) is 20.8 Å². The highest BCUT2D eigenvalue weighted by atomic mass is 16.5. The number of carbonyl (C=O) groups excluding carboxylic acids is 1. The van der Waals surface area contributed by atoms with E-state index < -0.39 is 12.0 Å². The van der Waals surface area contributed by atoms with Gasteiger partial charge in [0.05, 0.1) is 14.2 Å². The first kappa shape index (κ1) is 19.1. The average molecular weight is 358 g/mol. The van der Waals surface area contributed by atoms with E-state index in [1.54, 1.807) is 25.3 Å². The summed E-state index contributed by atoms with van der Waals surface area (Å²) in [6, 6.07) is 14.1. The number of ether oxygens (including phenoxy) is 2. The minimum atomic E-state index is -1.07. The summed E-state index contributed by atoms with van der Waals surface area (Å²) in [5, 5.41) is 11.8. The molecule has 0 unspecified atom stereocenters. The van der Waals surface area contributed by atoms with E-state index in [0.29, 0.717) is 11.5 Å². The number of carboxylic acid groups (broad SMARTS) is 1. The summed E-state index contributed by atoms with van der Waals surface area (Å²) in [7, 11) is 3.08. The molecule has 0 aromatic heterocycles. The topological polar surface area (TPSA) is 88.1 Å². The normalized spacial score (nSPS) is 10.1. The number of amides is 2.